The molecule has 3 aromatic heterocycles. The number of halogens is 2. The average molecular weight is 628 g/mol. The van der Waals surface area contributed by atoms with Crippen LogP contribution in [0.4, 0.5) is 26.4 Å². The van der Waals surface area contributed by atoms with Crippen LogP contribution in [0.1, 0.15) is 48.3 Å². The number of benzene rings is 1. The number of rotatable bonds is 10. The third-order valence-corrected chi connectivity index (χ3v) is 5.90. The molecule has 0 atom stereocenters. The maximum absolute atomic E-state index is 14.6. The van der Waals surface area contributed by atoms with Gasteiger partial charge in [-0.3, -0.25) is 10.1 Å². The van der Waals surface area contributed by atoms with Crippen molar-refractivity contribution in [2.45, 2.75) is 46.5 Å². The van der Waals surface area contributed by atoms with Gasteiger partial charge in [0.2, 0.25) is 0 Å². The Bertz CT molecular complexity index is 1680. The third kappa shape index (κ3) is 8.14. The Kier molecular flexibility index (Phi) is 9.90. The number of carbonyl (C=O) groups excluding carboxylic acids is 2. The maximum Gasteiger partial charge on any atom is 0.413 e. The summed E-state index contributed by atoms with van der Waals surface area (Å²) in [5.74, 6) is -0.102. The fourth-order valence-corrected chi connectivity index (χ4v) is 4.06. The lowest BCUT2D eigenvalue weighted by atomic mass is 10.1. The minimum absolute atomic E-state index is 0.000166. The van der Waals surface area contributed by atoms with Crippen molar-refractivity contribution in [3.8, 4) is 11.4 Å². The summed E-state index contributed by atoms with van der Waals surface area (Å²) < 4.78 is 32.9. The Balaban J connectivity index is 1.62. The van der Waals surface area contributed by atoms with E-state index in [1.807, 2.05) is 0 Å². The Labute approximate surface area is 257 Å². The second-order valence-corrected chi connectivity index (χ2v) is 10.7. The third-order valence-electron chi connectivity index (χ3n) is 5.72. The number of aryl methyl sites for hydroxylation is 1. The molecule has 0 fully saturated rings. The molecule has 0 radical (unpaired) electrons. The second kappa shape index (κ2) is 13.6. The number of ether oxygens (including phenoxy) is 3. The van der Waals surface area contributed by atoms with Gasteiger partial charge in [0, 0.05) is 13.1 Å². The first-order chi connectivity index (χ1) is 20.9. The molecule has 4 rings (SSSR count). The zero-order valence-corrected chi connectivity index (χ0v) is 25.6. The highest BCUT2D eigenvalue weighted by Crippen LogP contribution is 2.36. The minimum Gasteiger partial charge on any atom is -0.492 e. The van der Waals surface area contributed by atoms with Crippen LogP contribution in [-0.2, 0) is 22.7 Å². The molecule has 4 aromatic rings. The van der Waals surface area contributed by atoms with Crippen LogP contribution < -0.4 is 20.7 Å². The van der Waals surface area contributed by atoms with Crippen LogP contribution in [0.25, 0.3) is 5.69 Å². The van der Waals surface area contributed by atoms with E-state index in [0.717, 1.165) is 0 Å². The van der Waals surface area contributed by atoms with Crippen molar-refractivity contribution < 1.29 is 28.2 Å². The number of carbonyl (C=O) groups is 2. The quantitative estimate of drug-likeness (QED) is 0.222. The molecule has 0 unspecified atom stereocenters. The zero-order chi connectivity index (χ0) is 32.0. The van der Waals surface area contributed by atoms with Crippen LogP contribution >= 0.6 is 11.6 Å². The first-order valence-corrected chi connectivity index (χ1v) is 13.6. The smallest absolute Gasteiger partial charge is 0.413 e. The molecule has 3 N–H and O–H groups in total. The Morgan fingerprint density at radius 1 is 1.09 bits per heavy atom. The Hall–Kier alpha value is -4.89. The van der Waals surface area contributed by atoms with Gasteiger partial charge in [0.25, 0.3) is 5.91 Å². The van der Waals surface area contributed by atoms with Crippen molar-refractivity contribution in [3.63, 3.8) is 0 Å². The number of hydrogen-bond donors (Lipinski definition) is 3. The fourth-order valence-electron chi connectivity index (χ4n) is 3.92. The van der Waals surface area contributed by atoms with E-state index in [1.54, 1.807) is 39.8 Å². The van der Waals surface area contributed by atoms with Crippen molar-refractivity contribution in [2.75, 3.05) is 24.8 Å². The Morgan fingerprint density at radius 3 is 2.52 bits per heavy atom. The van der Waals surface area contributed by atoms with E-state index in [1.165, 1.54) is 43.4 Å². The largest absolute Gasteiger partial charge is 0.492 e. The second-order valence-electron chi connectivity index (χ2n) is 10.3. The summed E-state index contributed by atoms with van der Waals surface area (Å²) in [5, 5.41) is 20.3. The molecule has 0 saturated heterocycles. The molecule has 232 valence electrons. The van der Waals surface area contributed by atoms with E-state index in [2.05, 4.69) is 41.2 Å². The highest BCUT2D eigenvalue weighted by molar-refractivity contribution is 6.29. The lowest BCUT2D eigenvalue weighted by molar-refractivity contribution is 0.0634. The molecule has 2 amide bonds. The number of pyridine rings is 1. The molecule has 3 heterocycles. The summed E-state index contributed by atoms with van der Waals surface area (Å²) in [7, 11) is 2.95. The van der Waals surface area contributed by atoms with E-state index in [0.29, 0.717) is 28.5 Å². The van der Waals surface area contributed by atoms with Gasteiger partial charge in [0.05, 0.1) is 31.7 Å². The van der Waals surface area contributed by atoms with Crippen molar-refractivity contribution in [1.82, 2.24) is 35.3 Å². The number of anilines is 3. The van der Waals surface area contributed by atoms with Crippen LogP contribution in [-0.4, -0.2) is 61.7 Å². The van der Waals surface area contributed by atoms with Gasteiger partial charge >= 0.3 is 6.09 Å². The molecule has 0 aliphatic heterocycles. The van der Waals surface area contributed by atoms with Gasteiger partial charge in [-0.1, -0.05) is 11.6 Å². The van der Waals surface area contributed by atoms with Gasteiger partial charge in [0.1, 0.15) is 40.8 Å². The molecule has 0 saturated carbocycles. The standard InChI is InChI=1S/C28H31ClFN9O5/c1-15-32-14-39(38-15)21-10-16(9-19(25(21)42-6)33-18-11-22(29)36-37-24(18)26(40)31-5)12-43-13-20-17(30)7-8-23(34-20)35-27(41)44-28(2,3)4/h7-11,14H,12-13H2,1-6H3,(H,31,40)(H,33,36)(H,34,35,41). The van der Waals surface area contributed by atoms with E-state index in [-0.39, 0.29) is 41.3 Å². The minimum atomic E-state index is -0.720. The number of hydrogen-bond acceptors (Lipinski definition) is 11. The normalized spacial score (nSPS) is 11.2. The summed E-state index contributed by atoms with van der Waals surface area (Å²) in [5.41, 5.74) is 1.07. The molecule has 16 heteroatoms. The number of amides is 2. The van der Waals surface area contributed by atoms with Crippen molar-refractivity contribution in [2.24, 2.45) is 0 Å². The summed E-state index contributed by atoms with van der Waals surface area (Å²) >= 11 is 6.09. The molecular formula is C28H31ClFN9O5. The van der Waals surface area contributed by atoms with Crippen LogP contribution in [0.15, 0.2) is 36.7 Å². The topological polar surface area (TPSA) is 167 Å². The SMILES string of the molecule is CNC(=O)c1nnc(Cl)cc1Nc1cc(COCc2nc(NC(=O)OC(C)(C)C)ccc2F)cc(-n2cnc(C)n2)c1OC. The van der Waals surface area contributed by atoms with Gasteiger partial charge in [-0.2, -0.15) is 5.10 Å². The predicted octanol–water partition coefficient (Wildman–Crippen LogP) is 4.73. The van der Waals surface area contributed by atoms with Crippen LogP contribution in [0.2, 0.25) is 5.15 Å². The lowest BCUT2D eigenvalue weighted by Gasteiger charge is -2.19. The molecule has 0 aliphatic rings. The number of aromatic nitrogens is 6. The highest BCUT2D eigenvalue weighted by Gasteiger charge is 2.20. The summed E-state index contributed by atoms with van der Waals surface area (Å²) in [4.78, 5) is 32.9. The van der Waals surface area contributed by atoms with Gasteiger partial charge in [-0.25, -0.2) is 23.8 Å². The van der Waals surface area contributed by atoms with Crippen LogP contribution in [0.5, 0.6) is 5.75 Å². The van der Waals surface area contributed by atoms with E-state index in [9.17, 15) is 14.0 Å². The fraction of sp³-hybridized carbons (Fsp3) is 0.321. The van der Waals surface area contributed by atoms with Gasteiger partial charge in [-0.15, -0.1) is 10.2 Å². The average Bonchev–Trinajstić information content (AvgIpc) is 3.39. The van der Waals surface area contributed by atoms with Crippen LogP contribution in [0.3, 0.4) is 0 Å². The number of nitrogens with zero attached hydrogens (tertiary/aromatic N) is 6. The summed E-state index contributed by atoms with van der Waals surface area (Å²) in [6, 6.07) is 7.44. The monoisotopic (exact) mass is 627 g/mol. The molecule has 0 bridgehead atoms. The van der Waals surface area contributed by atoms with Gasteiger partial charge in [0.15, 0.2) is 16.6 Å². The Morgan fingerprint density at radius 2 is 1.86 bits per heavy atom. The first-order valence-electron chi connectivity index (χ1n) is 13.2. The van der Waals surface area contributed by atoms with E-state index < -0.39 is 23.4 Å². The summed E-state index contributed by atoms with van der Waals surface area (Å²) in [6.45, 7) is 6.70. The number of nitrogens with one attached hydrogen (secondary N) is 3. The van der Waals surface area contributed by atoms with Gasteiger partial charge < -0.3 is 24.8 Å². The van der Waals surface area contributed by atoms with Crippen LogP contribution in [0, 0.1) is 12.7 Å². The molecule has 1 aromatic carbocycles. The van der Waals surface area contributed by atoms with E-state index >= 15 is 0 Å². The van der Waals surface area contributed by atoms with Gasteiger partial charge in [-0.05, 0) is 57.5 Å². The molecular weight excluding hydrogens is 597 g/mol. The highest BCUT2D eigenvalue weighted by atomic mass is 35.5. The molecule has 0 aliphatic carbocycles. The summed E-state index contributed by atoms with van der Waals surface area (Å²) in [6.07, 6.45) is 0.799. The van der Waals surface area contributed by atoms with Crippen molar-refractivity contribution in [3.05, 3.63) is 70.4 Å². The molecule has 0 spiro atoms. The van der Waals surface area contributed by atoms with E-state index in [4.69, 9.17) is 25.8 Å². The van der Waals surface area contributed by atoms with Crippen molar-refractivity contribution >= 4 is 40.8 Å². The van der Waals surface area contributed by atoms with Crippen molar-refractivity contribution in [1.29, 1.82) is 0 Å². The first kappa shape index (κ1) is 32.0. The molecule has 14 nitrogen and oxygen atoms in total. The zero-order valence-electron chi connectivity index (χ0n) is 24.9. The number of methoxy groups -OCH3 is 1. The lowest BCUT2D eigenvalue weighted by Crippen LogP contribution is -2.27. The maximum atomic E-state index is 14.6. The predicted molar refractivity (Wildman–Crippen MR) is 159 cm³/mol. The molecule has 44 heavy (non-hydrogen) atoms.